The van der Waals surface area contributed by atoms with Crippen LogP contribution in [0.2, 0.25) is 5.02 Å². The van der Waals surface area contributed by atoms with Crippen LogP contribution >= 0.6 is 23.8 Å². The summed E-state index contributed by atoms with van der Waals surface area (Å²) in [5, 5.41) is 29.5. The van der Waals surface area contributed by atoms with Gasteiger partial charge in [-0.05, 0) is 24.4 Å². The molecule has 0 unspecified atom stereocenters. The largest absolute Gasteiger partial charge is 0.288 e. The van der Waals surface area contributed by atoms with Crippen LogP contribution in [0.3, 0.4) is 0 Å². The zero-order valence-electron chi connectivity index (χ0n) is 14.6. The quantitative estimate of drug-likeness (QED) is 0.212. The highest BCUT2D eigenvalue weighted by Crippen LogP contribution is 2.25. The fraction of sp³-hybridized carbons (Fsp3) is 0. The highest BCUT2D eigenvalue weighted by molar-refractivity contribution is 7.71. The first-order valence-electron chi connectivity index (χ1n) is 8.30. The van der Waals surface area contributed by atoms with E-state index in [-0.39, 0.29) is 15.5 Å². The van der Waals surface area contributed by atoms with Crippen LogP contribution in [0, 0.1) is 14.9 Å². The van der Waals surface area contributed by atoms with Crippen molar-refractivity contribution in [3.05, 3.63) is 80.1 Å². The van der Waals surface area contributed by atoms with Crippen molar-refractivity contribution >= 4 is 35.7 Å². The first-order chi connectivity index (χ1) is 14.0. The molecule has 2 aromatic carbocycles. The third-order valence-electron chi connectivity index (χ3n) is 4.03. The number of nitro groups is 1. The predicted octanol–water partition coefficient (Wildman–Crippen LogP) is 4.44. The van der Waals surface area contributed by atoms with E-state index in [0.717, 1.165) is 11.3 Å². The Morgan fingerprint density at radius 3 is 2.69 bits per heavy atom. The van der Waals surface area contributed by atoms with Crippen molar-refractivity contribution in [1.29, 1.82) is 0 Å². The molecule has 2 heterocycles. The average molecular weight is 426 g/mol. The van der Waals surface area contributed by atoms with Gasteiger partial charge in [-0.2, -0.15) is 20.0 Å². The van der Waals surface area contributed by atoms with E-state index >= 15 is 0 Å². The third-order valence-corrected chi connectivity index (χ3v) is 4.61. The molecule has 4 rings (SSSR count). The number of hydrogen-bond donors (Lipinski definition) is 2. The molecule has 0 atom stereocenters. The Morgan fingerprint density at radius 2 is 1.93 bits per heavy atom. The molecule has 0 radical (unpaired) electrons. The van der Waals surface area contributed by atoms with Crippen molar-refractivity contribution in [2.75, 3.05) is 0 Å². The van der Waals surface area contributed by atoms with Crippen molar-refractivity contribution in [1.82, 2.24) is 25.1 Å². The summed E-state index contributed by atoms with van der Waals surface area (Å²) in [6, 6.07) is 15.9. The van der Waals surface area contributed by atoms with Crippen LogP contribution in [-0.4, -0.2) is 36.2 Å². The summed E-state index contributed by atoms with van der Waals surface area (Å²) < 4.78 is 1.66. The van der Waals surface area contributed by atoms with E-state index in [4.69, 9.17) is 23.8 Å². The zero-order chi connectivity index (χ0) is 20.4. The van der Waals surface area contributed by atoms with E-state index in [2.05, 4.69) is 25.5 Å². The maximum atomic E-state index is 11.0. The second-order valence-corrected chi connectivity index (χ2v) is 6.70. The molecule has 2 aromatic heterocycles. The Morgan fingerprint density at radius 1 is 1.14 bits per heavy atom. The number of aromatic amines is 2. The minimum atomic E-state index is -0.551. The van der Waals surface area contributed by atoms with Crippen molar-refractivity contribution in [2.24, 2.45) is 5.10 Å². The molecule has 0 saturated carbocycles. The molecule has 0 bridgehead atoms. The minimum absolute atomic E-state index is 0.0543. The monoisotopic (exact) mass is 425 g/mol. The van der Waals surface area contributed by atoms with Crippen LogP contribution in [0.25, 0.3) is 22.8 Å². The van der Waals surface area contributed by atoms with Gasteiger partial charge in [0.2, 0.25) is 10.6 Å². The molecule has 0 fully saturated rings. The molecule has 0 saturated heterocycles. The van der Waals surface area contributed by atoms with Crippen LogP contribution in [-0.2, 0) is 0 Å². The zero-order valence-corrected chi connectivity index (χ0v) is 16.2. The number of aromatic nitrogens is 5. The van der Waals surface area contributed by atoms with Gasteiger partial charge in [0.25, 0.3) is 5.69 Å². The Bertz CT molecular complexity index is 1280. The highest BCUT2D eigenvalue weighted by atomic mass is 35.5. The Balaban J connectivity index is 1.68. The van der Waals surface area contributed by atoms with Gasteiger partial charge in [-0.25, -0.2) is 5.10 Å². The molecule has 0 amide bonds. The SMILES string of the molecule is O=[N+]([O-])c1cc(/C=N\n2c(-c3cc(-c4ccccc4)n[nH]3)n[nH]c2=S)ccc1Cl. The lowest BCUT2D eigenvalue weighted by Crippen LogP contribution is -1.96. The molecule has 0 aliphatic carbocycles. The average Bonchev–Trinajstić information content (AvgIpc) is 3.35. The van der Waals surface area contributed by atoms with E-state index < -0.39 is 4.92 Å². The maximum absolute atomic E-state index is 11.0. The van der Waals surface area contributed by atoms with Gasteiger partial charge >= 0.3 is 0 Å². The lowest BCUT2D eigenvalue weighted by atomic mass is 10.1. The Kier molecular flexibility index (Phi) is 5.02. The van der Waals surface area contributed by atoms with E-state index in [0.29, 0.717) is 17.1 Å². The van der Waals surface area contributed by atoms with Crippen molar-refractivity contribution in [3.8, 4) is 22.8 Å². The van der Waals surface area contributed by atoms with Gasteiger partial charge in [-0.1, -0.05) is 48.0 Å². The number of H-pyrrole nitrogens is 2. The normalized spacial score (nSPS) is 11.2. The van der Waals surface area contributed by atoms with E-state index in [1.165, 1.54) is 23.0 Å². The summed E-state index contributed by atoms with van der Waals surface area (Å²) in [4.78, 5) is 10.5. The Hall–Kier alpha value is -3.63. The molecule has 2 N–H and O–H groups in total. The molecule has 9 nitrogen and oxygen atoms in total. The van der Waals surface area contributed by atoms with Crippen molar-refractivity contribution in [2.45, 2.75) is 0 Å². The molecular weight excluding hydrogens is 414 g/mol. The second-order valence-electron chi connectivity index (χ2n) is 5.91. The van der Waals surface area contributed by atoms with Gasteiger partial charge in [0.15, 0.2) is 0 Å². The number of nitro benzene ring substituents is 1. The highest BCUT2D eigenvalue weighted by Gasteiger charge is 2.14. The number of nitrogens with one attached hydrogen (secondary N) is 2. The standard InChI is InChI=1S/C18H12ClN7O2S/c19-13-7-6-11(8-16(13)26(27)28)10-20-25-17(23-24-18(25)29)15-9-14(21-22-15)12-4-2-1-3-5-12/h1-10H,(H,21,22)(H,24,29)/b20-10-. The van der Waals surface area contributed by atoms with Crippen molar-refractivity contribution < 1.29 is 4.92 Å². The number of halogens is 1. The number of benzene rings is 2. The lowest BCUT2D eigenvalue weighted by molar-refractivity contribution is -0.384. The lowest BCUT2D eigenvalue weighted by Gasteiger charge is -1.99. The van der Waals surface area contributed by atoms with E-state index in [1.807, 2.05) is 36.4 Å². The third kappa shape index (κ3) is 3.84. The minimum Gasteiger partial charge on any atom is -0.274 e. The summed E-state index contributed by atoms with van der Waals surface area (Å²) in [6.07, 6.45) is 1.44. The van der Waals surface area contributed by atoms with Crippen LogP contribution in [0.1, 0.15) is 5.56 Å². The smallest absolute Gasteiger partial charge is 0.274 e. The van der Waals surface area contributed by atoms with Gasteiger partial charge in [-0.15, -0.1) is 0 Å². The van der Waals surface area contributed by atoms with Crippen LogP contribution in [0.15, 0.2) is 59.7 Å². The molecule has 144 valence electrons. The topological polar surface area (TPSA) is 118 Å². The van der Waals surface area contributed by atoms with Gasteiger partial charge in [0.05, 0.1) is 16.8 Å². The van der Waals surface area contributed by atoms with Gasteiger partial charge in [0.1, 0.15) is 10.7 Å². The van der Waals surface area contributed by atoms with Crippen LogP contribution < -0.4 is 0 Å². The summed E-state index contributed by atoms with van der Waals surface area (Å²) in [7, 11) is 0. The summed E-state index contributed by atoms with van der Waals surface area (Å²) >= 11 is 11.1. The molecule has 0 aliphatic heterocycles. The fourth-order valence-corrected chi connectivity index (χ4v) is 3.01. The Labute approximate surface area is 173 Å². The van der Waals surface area contributed by atoms with Crippen molar-refractivity contribution in [3.63, 3.8) is 0 Å². The molecular formula is C18H12ClN7O2S. The van der Waals surface area contributed by atoms with Gasteiger partial charge in [-0.3, -0.25) is 15.2 Å². The van der Waals surface area contributed by atoms with Crippen LogP contribution in [0.4, 0.5) is 5.69 Å². The fourth-order valence-electron chi connectivity index (χ4n) is 2.64. The predicted molar refractivity (Wildman–Crippen MR) is 112 cm³/mol. The van der Waals surface area contributed by atoms with Gasteiger partial charge in [0, 0.05) is 17.2 Å². The molecule has 11 heteroatoms. The molecule has 4 aromatic rings. The molecule has 29 heavy (non-hydrogen) atoms. The van der Waals surface area contributed by atoms with Gasteiger partial charge < -0.3 is 0 Å². The second kappa shape index (κ2) is 7.78. The summed E-state index contributed by atoms with van der Waals surface area (Å²) in [5.74, 6) is 0.421. The number of hydrogen-bond acceptors (Lipinski definition) is 6. The van der Waals surface area contributed by atoms with Crippen LogP contribution in [0.5, 0.6) is 0 Å². The van der Waals surface area contributed by atoms with E-state index in [1.54, 1.807) is 6.07 Å². The first kappa shape index (κ1) is 18.7. The maximum Gasteiger partial charge on any atom is 0.288 e. The number of nitrogens with zero attached hydrogens (tertiary/aromatic N) is 5. The summed E-state index contributed by atoms with van der Waals surface area (Å²) in [5.41, 5.74) is 2.60. The molecule has 0 aliphatic rings. The number of rotatable bonds is 5. The summed E-state index contributed by atoms with van der Waals surface area (Å²) in [6.45, 7) is 0. The van der Waals surface area contributed by atoms with E-state index in [9.17, 15) is 10.1 Å². The molecule has 0 spiro atoms. The first-order valence-corrected chi connectivity index (χ1v) is 9.08.